The third-order valence-electron chi connectivity index (χ3n) is 2.37. The molecule has 1 radical (unpaired) electrons. The molecule has 0 aliphatic rings. The molecule has 0 saturated carbocycles. The summed E-state index contributed by atoms with van der Waals surface area (Å²) in [6.07, 6.45) is 1.77. The first-order valence-corrected chi connectivity index (χ1v) is 5.62. The van der Waals surface area contributed by atoms with Crippen LogP contribution in [0.2, 0.25) is 0 Å². The van der Waals surface area contributed by atoms with E-state index in [1.54, 1.807) is 6.20 Å². The zero-order chi connectivity index (χ0) is 11.5. The van der Waals surface area contributed by atoms with Crippen molar-refractivity contribution in [2.45, 2.75) is 13.8 Å². The molecule has 0 bridgehead atoms. The van der Waals surface area contributed by atoms with Crippen LogP contribution in [0.3, 0.4) is 0 Å². The second-order valence-electron chi connectivity index (χ2n) is 3.58. The van der Waals surface area contributed by atoms with E-state index in [1.165, 1.54) is 16.6 Å². The lowest BCUT2D eigenvalue weighted by atomic mass is 10.1. The second kappa shape index (κ2) is 4.65. The van der Waals surface area contributed by atoms with Gasteiger partial charge in [0.15, 0.2) is 0 Å². The van der Waals surface area contributed by atoms with E-state index < -0.39 is 0 Å². The number of pyridine rings is 2. The molecule has 2 aromatic heterocycles. The number of aromatic nitrogens is 2. The molecule has 79 valence electrons. The van der Waals surface area contributed by atoms with Crippen LogP contribution in [0, 0.1) is 13.8 Å². The third-order valence-corrected chi connectivity index (χ3v) is 2.68. The van der Waals surface area contributed by atoms with Crippen molar-refractivity contribution >= 4 is 16.6 Å². The lowest BCUT2D eigenvalue weighted by Crippen LogP contribution is -1.98. The summed E-state index contributed by atoms with van der Waals surface area (Å²) < 4.78 is 5.41. The molecule has 0 fully saturated rings. The predicted octanol–water partition coefficient (Wildman–Crippen LogP) is 1.96. The van der Waals surface area contributed by atoms with E-state index in [4.69, 9.17) is 3.79 Å². The second-order valence-corrected chi connectivity index (χ2v) is 3.87. The zero-order valence-corrected chi connectivity index (χ0v) is 10.8. The fourth-order valence-electron chi connectivity index (χ4n) is 1.73. The molecule has 0 spiro atoms. The predicted molar refractivity (Wildman–Crippen MR) is 64.7 cm³/mol. The molecule has 2 rings (SSSR count). The Morgan fingerprint density at radius 1 is 1.25 bits per heavy atom. The quantitative estimate of drug-likeness (QED) is 0.735. The summed E-state index contributed by atoms with van der Waals surface area (Å²) in [6, 6.07) is 7.76. The van der Waals surface area contributed by atoms with Gasteiger partial charge in [-0.15, -0.1) is 0 Å². The lowest BCUT2D eigenvalue weighted by molar-refractivity contribution is 0.614. The molecular weight excluding hydrogens is 215 g/mol. The molecule has 0 aromatic carbocycles. The molecule has 0 N–H and O–H groups in total. The number of hydrogen-bond acceptors (Lipinski definition) is 3. The van der Waals surface area contributed by atoms with Crippen molar-refractivity contribution in [2.24, 2.45) is 0 Å². The van der Waals surface area contributed by atoms with Crippen LogP contribution >= 0.6 is 0 Å². The van der Waals surface area contributed by atoms with E-state index in [9.17, 15) is 0 Å². The summed E-state index contributed by atoms with van der Waals surface area (Å²) in [7, 11) is 0. The Bertz CT molecular complexity index is 500. The smallest absolute Gasteiger partial charge is 0.494 e. The Balaban J connectivity index is 2.64. The Labute approximate surface area is 103 Å². The van der Waals surface area contributed by atoms with Crippen LogP contribution < -0.4 is 3.79 Å². The van der Waals surface area contributed by atoms with Crippen molar-refractivity contribution in [2.75, 3.05) is 0 Å². The van der Waals surface area contributed by atoms with Gasteiger partial charge < -0.3 is 3.79 Å². The Kier molecular flexibility index (Phi) is 3.23. The molecule has 0 atom stereocenters. The summed E-state index contributed by atoms with van der Waals surface area (Å²) >= 11 is 1.47. The third kappa shape index (κ3) is 2.09. The molecule has 0 aliphatic heterocycles. The fourth-order valence-corrected chi connectivity index (χ4v) is 1.96. The van der Waals surface area contributed by atoms with Crippen LogP contribution in [-0.4, -0.2) is 26.6 Å². The first-order chi connectivity index (χ1) is 7.72. The molecule has 0 aliphatic carbocycles. The van der Waals surface area contributed by atoms with Crippen molar-refractivity contribution in [3.63, 3.8) is 0 Å². The Hall–Kier alpha value is -1.37. The van der Waals surface area contributed by atoms with Crippen LogP contribution in [-0.2, 0) is 0 Å². The molecule has 2 heterocycles. The van der Waals surface area contributed by atoms with E-state index in [0.717, 1.165) is 28.4 Å². The fraction of sp³-hybridized carbons (Fsp3) is 0.167. The van der Waals surface area contributed by atoms with E-state index in [-0.39, 0.29) is 0 Å². The maximum Gasteiger partial charge on any atom is 0.494 e. The summed E-state index contributed by atoms with van der Waals surface area (Å²) in [5, 5.41) is 0. The standard InChI is InChI=1S/C12H12N2O.Al.H/c1-8-7-11(15)12(9(2)14-8)10-5-3-4-6-13-10;;/h3-7H,1-2H3,(H,14,15);;/q;+1;/p-1. The normalized spacial score (nSPS) is 10.1. The van der Waals surface area contributed by atoms with Gasteiger partial charge in [0.1, 0.15) is 0 Å². The minimum Gasteiger partial charge on any atom is -0.650 e. The van der Waals surface area contributed by atoms with Gasteiger partial charge in [-0.2, -0.15) is 0 Å². The van der Waals surface area contributed by atoms with Crippen LogP contribution in [0.5, 0.6) is 5.75 Å². The lowest BCUT2D eigenvalue weighted by Gasteiger charge is -2.13. The van der Waals surface area contributed by atoms with Crippen LogP contribution in [0.1, 0.15) is 11.4 Å². The first kappa shape index (κ1) is 11.1. The number of nitrogens with zero attached hydrogens (tertiary/aromatic N) is 2. The van der Waals surface area contributed by atoms with Gasteiger partial charge in [0.05, 0.1) is 22.7 Å². The highest BCUT2D eigenvalue weighted by Crippen LogP contribution is 2.30. The summed E-state index contributed by atoms with van der Waals surface area (Å²) in [5.74, 6) is 0.835. The van der Waals surface area contributed by atoms with Crippen molar-refractivity contribution < 1.29 is 3.79 Å². The highest BCUT2D eigenvalue weighted by Gasteiger charge is 2.10. The van der Waals surface area contributed by atoms with Gasteiger partial charge >= 0.3 is 16.6 Å². The van der Waals surface area contributed by atoms with E-state index in [0.29, 0.717) is 0 Å². The number of rotatable bonds is 2. The van der Waals surface area contributed by atoms with Gasteiger partial charge in [-0.1, -0.05) is 6.07 Å². The van der Waals surface area contributed by atoms with E-state index >= 15 is 0 Å². The van der Waals surface area contributed by atoms with Crippen LogP contribution in [0.25, 0.3) is 11.3 Å². The minimum atomic E-state index is 0.835. The minimum absolute atomic E-state index is 0.835. The molecule has 16 heavy (non-hydrogen) atoms. The monoisotopic (exact) mass is 227 g/mol. The summed E-state index contributed by atoms with van der Waals surface area (Å²) in [4.78, 5) is 8.77. The van der Waals surface area contributed by atoms with Crippen LogP contribution in [0.4, 0.5) is 0 Å². The van der Waals surface area contributed by atoms with Crippen molar-refractivity contribution in [1.29, 1.82) is 0 Å². The molecule has 0 saturated heterocycles. The van der Waals surface area contributed by atoms with Crippen LogP contribution in [0.15, 0.2) is 30.5 Å². The van der Waals surface area contributed by atoms with Gasteiger partial charge in [-0.25, -0.2) is 0 Å². The van der Waals surface area contributed by atoms with Gasteiger partial charge in [0, 0.05) is 11.9 Å². The number of aryl methyl sites for hydroxylation is 2. The van der Waals surface area contributed by atoms with Crippen molar-refractivity contribution in [1.82, 2.24) is 9.97 Å². The molecule has 3 nitrogen and oxygen atoms in total. The molecule has 4 heteroatoms. The molecule has 2 aromatic rings. The average molecular weight is 227 g/mol. The maximum atomic E-state index is 5.41. The Morgan fingerprint density at radius 2 is 2.06 bits per heavy atom. The molecular formula is C12H12AlN2O. The van der Waals surface area contributed by atoms with E-state index in [2.05, 4.69) is 9.97 Å². The topological polar surface area (TPSA) is 35.0 Å². The highest BCUT2D eigenvalue weighted by atomic mass is 27.1. The van der Waals surface area contributed by atoms with Crippen molar-refractivity contribution in [3.8, 4) is 17.0 Å². The SMILES string of the molecule is Cc1cc([O][AlH])c(-c2ccccn2)c(C)n1. The van der Waals surface area contributed by atoms with Crippen molar-refractivity contribution in [3.05, 3.63) is 41.9 Å². The zero-order valence-electron chi connectivity index (χ0n) is 9.40. The van der Waals surface area contributed by atoms with Gasteiger partial charge in [-0.3, -0.25) is 9.97 Å². The molecule has 0 amide bonds. The Morgan fingerprint density at radius 3 is 2.69 bits per heavy atom. The largest absolute Gasteiger partial charge is 0.650 e. The molecule has 0 unspecified atom stereocenters. The summed E-state index contributed by atoms with van der Waals surface area (Å²) in [6.45, 7) is 3.93. The maximum absolute atomic E-state index is 5.41. The summed E-state index contributed by atoms with van der Waals surface area (Å²) in [5.41, 5.74) is 3.77. The van der Waals surface area contributed by atoms with E-state index in [1.807, 2.05) is 38.1 Å². The van der Waals surface area contributed by atoms with Gasteiger partial charge in [-0.05, 0) is 32.0 Å². The van der Waals surface area contributed by atoms with Gasteiger partial charge in [0.25, 0.3) is 0 Å². The highest BCUT2D eigenvalue weighted by molar-refractivity contribution is 6.00. The number of hydrogen-bond donors (Lipinski definition) is 0. The first-order valence-electron chi connectivity index (χ1n) is 5.04. The van der Waals surface area contributed by atoms with Gasteiger partial charge in [0.2, 0.25) is 0 Å². The average Bonchev–Trinajstić information content (AvgIpc) is 2.29.